The summed E-state index contributed by atoms with van der Waals surface area (Å²) in [4.78, 5) is 10.1. The average Bonchev–Trinajstić information content (AvgIpc) is 3.55. The Kier molecular flexibility index (Phi) is 5.10. The Labute approximate surface area is 231 Å². The Morgan fingerprint density at radius 1 is 0.475 bits per heavy atom. The number of pyridine rings is 2. The lowest BCUT2D eigenvalue weighted by Crippen LogP contribution is -2.03. The van der Waals surface area contributed by atoms with E-state index in [1.54, 1.807) is 0 Å². The third-order valence-corrected chi connectivity index (χ3v) is 7.55. The van der Waals surface area contributed by atoms with E-state index in [1.165, 1.54) is 16.3 Å². The highest BCUT2D eigenvalue weighted by Gasteiger charge is 2.23. The maximum atomic E-state index is 5.13. The Bertz CT molecular complexity index is 2080. The Hall–Kier alpha value is -5.48. The third-order valence-electron chi connectivity index (χ3n) is 7.55. The largest absolute Gasteiger partial charge is 0.295 e. The van der Waals surface area contributed by atoms with Crippen LogP contribution in [0.2, 0.25) is 0 Å². The molecule has 0 atom stereocenters. The van der Waals surface area contributed by atoms with Crippen LogP contribution in [0.15, 0.2) is 146 Å². The van der Waals surface area contributed by atoms with Crippen molar-refractivity contribution in [3.8, 4) is 33.9 Å². The van der Waals surface area contributed by atoms with Crippen LogP contribution in [0.5, 0.6) is 0 Å². The fourth-order valence-electron chi connectivity index (χ4n) is 5.82. The third kappa shape index (κ3) is 3.47. The van der Waals surface area contributed by atoms with Crippen LogP contribution in [0.3, 0.4) is 0 Å². The van der Waals surface area contributed by atoms with Gasteiger partial charge in [-0.1, -0.05) is 97.1 Å². The summed E-state index contributed by atoms with van der Waals surface area (Å²) < 4.78 is 4.66. The van der Waals surface area contributed by atoms with E-state index in [1.807, 2.05) is 24.4 Å². The molecule has 0 bridgehead atoms. The molecule has 188 valence electrons. The Morgan fingerprint density at radius 3 is 1.73 bits per heavy atom. The average molecular weight is 513 g/mol. The van der Waals surface area contributed by atoms with Crippen LogP contribution < -0.4 is 0 Å². The first kappa shape index (κ1) is 22.5. The van der Waals surface area contributed by atoms with E-state index < -0.39 is 0 Å². The number of rotatable bonds is 4. The molecule has 0 saturated carbocycles. The zero-order chi connectivity index (χ0) is 26.5. The van der Waals surface area contributed by atoms with Gasteiger partial charge in [0, 0.05) is 39.2 Å². The highest BCUT2D eigenvalue weighted by atomic mass is 15.2. The van der Waals surface area contributed by atoms with Gasteiger partial charge >= 0.3 is 0 Å². The van der Waals surface area contributed by atoms with Crippen LogP contribution in [0, 0.1) is 0 Å². The summed E-state index contributed by atoms with van der Waals surface area (Å²) in [5.74, 6) is 0. The predicted octanol–water partition coefficient (Wildman–Crippen LogP) is 8.85. The second-order valence-corrected chi connectivity index (χ2v) is 9.92. The molecule has 4 aromatic carbocycles. The number of nitrogens with zero attached hydrogens (tertiary/aromatic N) is 4. The quantitative estimate of drug-likeness (QED) is 0.236. The van der Waals surface area contributed by atoms with Gasteiger partial charge < -0.3 is 0 Å². The minimum Gasteiger partial charge on any atom is -0.295 e. The van der Waals surface area contributed by atoms with Crippen molar-refractivity contribution in [2.45, 2.75) is 0 Å². The van der Waals surface area contributed by atoms with Crippen molar-refractivity contribution < 1.29 is 0 Å². The van der Waals surface area contributed by atoms with Crippen molar-refractivity contribution in [3.05, 3.63) is 146 Å². The van der Waals surface area contributed by atoms with Crippen molar-refractivity contribution in [1.82, 2.24) is 19.1 Å². The summed E-state index contributed by atoms with van der Waals surface area (Å²) in [5.41, 5.74) is 9.30. The molecule has 4 heterocycles. The lowest BCUT2D eigenvalue weighted by atomic mass is 10.1. The van der Waals surface area contributed by atoms with Crippen molar-refractivity contribution >= 4 is 33.0 Å². The fourth-order valence-corrected chi connectivity index (χ4v) is 5.82. The highest BCUT2D eigenvalue weighted by molar-refractivity contribution is 6.21. The van der Waals surface area contributed by atoms with Crippen LogP contribution in [0.4, 0.5) is 0 Å². The summed E-state index contributed by atoms with van der Waals surface area (Å²) in [5, 5.41) is 3.53. The second kappa shape index (κ2) is 9.07. The molecule has 4 heteroatoms. The zero-order valence-corrected chi connectivity index (χ0v) is 21.6. The molecule has 0 N–H and O–H groups in total. The number of benzene rings is 4. The fraction of sp³-hybridized carbons (Fsp3) is 0. The number of fused-ring (bicyclic) bond motifs is 5. The molecule has 0 aliphatic heterocycles. The monoisotopic (exact) mass is 512 g/mol. The minimum atomic E-state index is 0.922. The van der Waals surface area contributed by atoms with E-state index in [2.05, 4.69) is 130 Å². The molecule has 4 nitrogen and oxygen atoms in total. The van der Waals surface area contributed by atoms with E-state index in [-0.39, 0.29) is 0 Å². The van der Waals surface area contributed by atoms with E-state index in [0.29, 0.717) is 0 Å². The molecule has 8 aromatic rings. The molecule has 0 amide bonds. The summed E-state index contributed by atoms with van der Waals surface area (Å²) in [7, 11) is 0. The molecule has 4 aromatic heterocycles. The van der Waals surface area contributed by atoms with Gasteiger partial charge in [-0.25, -0.2) is 9.97 Å². The first-order valence-corrected chi connectivity index (χ1v) is 13.4. The summed E-state index contributed by atoms with van der Waals surface area (Å²) in [6.07, 6.45) is 1.88. The van der Waals surface area contributed by atoms with Crippen molar-refractivity contribution in [1.29, 1.82) is 0 Å². The maximum absolute atomic E-state index is 5.13. The van der Waals surface area contributed by atoms with Crippen molar-refractivity contribution in [2.75, 3.05) is 0 Å². The second-order valence-electron chi connectivity index (χ2n) is 9.92. The maximum Gasteiger partial charge on any atom is 0.146 e. The standard InChI is InChI=1S/C36H24N4/c1-4-13-25(14-5-1)31-23-28(24-32(38-31)26-15-6-2-7-16-26)40-35-30(20-12-22-37-35)34-29-19-10-11-21-33(29)39(36(34)40)27-17-8-3-9-18-27/h1-24H. The van der Waals surface area contributed by atoms with Crippen LogP contribution in [0.25, 0.3) is 66.9 Å². The van der Waals surface area contributed by atoms with Gasteiger partial charge in [-0.15, -0.1) is 0 Å². The normalized spacial score (nSPS) is 11.5. The van der Waals surface area contributed by atoms with E-state index >= 15 is 0 Å². The van der Waals surface area contributed by atoms with Crippen molar-refractivity contribution in [3.63, 3.8) is 0 Å². The van der Waals surface area contributed by atoms with E-state index in [4.69, 9.17) is 9.97 Å². The topological polar surface area (TPSA) is 35.6 Å². The molecule has 0 unspecified atom stereocenters. The van der Waals surface area contributed by atoms with Crippen molar-refractivity contribution in [2.24, 2.45) is 0 Å². The minimum absolute atomic E-state index is 0.922. The van der Waals surface area contributed by atoms with Gasteiger partial charge in [0.25, 0.3) is 0 Å². The smallest absolute Gasteiger partial charge is 0.146 e. The number of para-hydroxylation sites is 2. The Morgan fingerprint density at radius 2 is 1.05 bits per heavy atom. The molecular formula is C36H24N4. The van der Waals surface area contributed by atoms with Crippen LogP contribution in [0.1, 0.15) is 0 Å². The Balaban J connectivity index is 1.54. The van der Waals surface area contributed by atoms with Crippen LogP contribution >= 0.6 is 0 Å². The zero-order valence-electron chi connectivity index (χ0n) is 21.6. The lowest BCUT2D eigenvalue weighted by molar-refractivity contribution is 1.05. The molecule has 0 spiro atoms. The molecule has 0 radical (unpaired) electrons. The van der Waals surface area contributed by atoms with Gasteiger partial charge in [0.1, 0.15) is 11.3 Å². The van der Waals surface area contributed by atoms with Gasteiger partial charge in [0.05, 0.1) is 22.6 Å². The number of hydrogen-bond donors (Lipinski definition) is 0. The molecule has 0 saturated heterocycles. The lowest BCUT2D eigenvalue weighted by Gasteiger charge is -2.15. The molecule has 0 aliphatic rings. The van der Waals surface area contributed by atoms with Gasteiger partial charge in [-0.3, -0.25) is 9.13 Å². The first-order chi connectivity index (χ1) is 19.9. The predicted molar refractivity (Wildman–Crippen MR) is 164 cm³/mol. The van der Waals surface area contributed by atoms with Crippen LogP contribution in [-0.4, -0.2) is 19.1 Å². The van der Waals surface area contributed by atoms with E-state index in [9.17, 15) is 0 Å². The van der Waals surface area contributed by atoms with Gasteiger partial charge in [-0.05, 0) is 42.5 Å². The molecule has 0 aliphatic carbocycles. The van der Waals surface area contributed by atoms with Gasteiger partial charge in [0.15, 0.2) is 0 Å². The van der Waals surface area contributed by atoms with Gasteiger partial charge in [-0.2, -0.15) is 0 Å². The number of aromatic nitrogens is 4. The molecule has 8 rings (SSSR count). The van der Waals surface area contributed by atoms with Crippen LogP contribution in [-0.2, 0) is 0 Å². The molecular weight excluding hydrogens is 488 g/mol. The molecule has 0 fully saturated rings. The summed E-state index contributed by atoms with van der Waals surface area (Å²) >= 11 is 0. The highest BCUT2D eigenvalue weighted by Crippen LogP contribution is 2.40. The first-order valence-electron chi connectivity index (χ1n) is 13.4. The SMILES string of the molecule is c1ccc(-c2cc(-n3c4ncccc4c4c5ccccc5n(-c5ccccc5)c43)cc(-c3ccccc3)n2)cc1. The number of hydrogen-bond acceptors (Lipinski definition) is 2. The van der Waals surface area contributed by atoms with Gasteiger partial charge in [0.2, 0.25) is 0 Å². The molecule has 40 heavy (non-hydrogen) atoms. The summed E-state index contributed by atoms with van der Waals surface area (Å²) in [6.45, 7) is 0. The summed E-state index contributed by atoms with van der Waals surface area (Å²) in [6, 6.07) is 48.6. The van der Waals surface area contributed by atoms with E-state index in [0.717, 1.165) is 50.6 Å².